The van der Waals surface area contributed by atoms with Gasteiger partial charge in [-0.3, -0.25) is 14.6 Å². The molecule has 1 aliphatic heterocycles. The minimum atomic E-state index is -0.777. The van der Waals surface area contributed by atoms with E-state index in [-0.39, 0.29) is 16.9 Å². The second-order valence-electron chi connectivity index (χ2n) is 7.10. The largest absolute Gasteiger partial charge is 0.507 e. The van der Waals surface area contributed by atoms with E-state index < -0.39 is 23.5 Å². The highest BCUT2D eigenvalue weighted by Gasteiger charge is 2.46. The number of pyridine rings is 1. The monoisotopic (exact) mass is 459 g/mol. The van der Waals surface area contributed by atoms with E-state index in [2.05, 4.69) is 20.9 Å². The first-order valence-electron chi connectivity index (χ1n) is 9.13. The first-order chi connectivity index (χ1) is 13.8. The molecule has 2 N–H and O–H groups in total. The summed E-state index contributed by atoms with van der Waals surface area (Å²) >= 11 is 3.30. The molecule has 1 fully saturated rings. The van der Waals surface area contributed by atoms with Crippen molar-refractivity contribution in [2.75, 3.05) is 27.2 Å². The van der Waals surface area contributed by atoms with Gasteiger partial charge in [-0.2, -0.15) is 0 Å². The van der Waals surface area contributed by atoms with Crippen LogP contribution in [0.1, 0.15) is 23.6 Å². The van der Waals surface area contributed by atoms with Crippen LogP contribution in [0.2, 0.25) is 0 Å². The Morgan fingerprint density at radius 3 is 2.69 bits per heavy atom. The zero-order chi connectivity index (χ0) is 21.1. The van der Waals surface area contributed by atoms with Crippen LogP contribution in [-0.2, 0) is 9.59 Å². The van der Waals surface area contributed by atoms with Crippen LogP contribution in [-0.4, -0.2) is 63.9 Å². The van der Waals surface area contributed by atoms with Crippen LogP contribution in [0.25, 0.3) is 5.76 Å². The average molecular weight is 460 g/mol. The van der Waals surface area contributed by atoms with Crippen LogP contribution < -0.4 is 0 Å². The molecule has 0 aliphatic carbocycles. The highest BCUT2D eigenvalue weighted by atomic mass is 79.9. The van der Waals surface area contributed by atoms with Crippen LogP contribution >= 0.6 is 15.9 Å². The van der Waals surface area contributed by atoms with Gasteiger partial charge in [-0.25, -0.2) is 0 Å². The molecule has 2 aromatic rings. The molecule has 2 heterocycles. The summed E-state index contributed by atoms with van der Waals surface area (Å²) in [7, 11) is 3.87. The lowest BCUT2D eigenvalue weighted by Crippen LogP contribution is -2.32. The molecule has 0 radical (unpaired) electrons. The number of aliphatic hydroxyl groups excluding tert-OH is 1. The Bertz CT molecular complexity index is 960. The quantitative estimate of drug-likeness (QED) is 0.391. The maximum atomic E-state index is 12.9. The molecule has 29 heavy (non-hydrogen) atoms. The van der Waals surface area contributed by atoms with Crippen molar-refractivity contribution < 1.29 is 19.8 Å². The molecule has 3 rings (SSSR count). The highest BCUT2D eigenvalue weighted by molar-refractivity contribution is 9.10. The van der Waals surface area contributed by atoms with Crippen molar-refractivity contribution >= 4 is 33.4 Å². The summed E-state index contributed by atoms with van der Waals surface area (Å²) in [5, 5.41) is 21.1. The number of aromatic hydroxyl groups is 1. The fourth-order valence-electron chi connectivity index (χ4n) is 3.40. The first kappa shape index (κ1) is 21.0. The maximum absolute atomic E-state index is 12.9. The van der Waals surface area contributed by atoms with Crippen LogP contribution in [0.4, 0.5) is 0 Å². The fourth-order valence-corrected chi connectivity index (χ4v) is 3.76. The van der Waals surface area contributed by atoms with Crippen molar-refractivity contribution in [2.24, 2.45) is 0 Å². The number of nitrogens with zero attached hydrogens (tertiary/aromatic N) is 3. The number of benzene rings is 1. The summed E-state index contributed by atoms with van der Waals surface area (Å²) < 4.78 is 0.620. The van der Waals surface area contributed by atoms with Gasteiger partial charge in [0.15, 0.2) is 0 Å². The first-order valence-corrected chi connectivity index (χ1v) is 9.92. The van der Waals surface area contributed by atoms with Gasteiger partial charge in [0.1, 0.15) is 11.5 Å². The van der Waals surface area contributed by atoms with E-state index in [0.717, 1.165) is 6.54 Å². The SMILES string of the molecule is CN(C)CCCN1C(=O)C(=O)C(=C(O)c2cc(Br)ccc2O)[C@@H]1c1cccnc1. The molecule has 0 unspecified atom stereocenters. The lowest BCUT2D eigenvalue weighted by Gasteiger charge is -2.25. The van der Waals surface area contributed by atoms with Crippen LogP contribution in [0.5, 0.6) is 5.75 Å². The third-order valence-corrected chi connectivity index (χ3v) is 5.25. The summed E-state index contributed by atoms with van der Waals surface area (Å²) in [5.74, 6) is -2.05. The van der Waals surface area contributed by atoms with Crippen LogP contribution in [0.15, 0.2) is 52.8 Å². The number of aliphatic hydroxyl groups is 1. The van der Waals surface area contributed by atoms with Gasteiger partial charge < -0.3 is 20.0 Å². The number of aromatic nitrogens is 1. The Labute approximate surface area is 177 Å². The number of carbonyl (C=O) groups excluding carboxylic acids is 2. The summed E-state index contributed by atoms with van der Waals surface area (Å²) in [6.07, 6.45) is 3.84. The fraction of sp³-hybridized carbons (Fsp3) is 0.286. The topological polar surface area (TPSA) is 94.0 Å². The number of halogens is 1. The van der Waals surface area contributed by atoms with Gasteiger partial charge in [-0.05, 0) is 56.9 Å². The Morgan fingerprint density at radius 2 is 2.03 bits per heavy atom. The number of ketones is 1. The standard InChI is InChI=1S/C21H22BrN3O4/c1-24(2)9-4-10-25-18(13-5-3-8-23-12-13)17(20(28)21(25)29)19(27)15-11-14(22)6-7-16(15)26/h3,5-8,11-12,18,26-27H,4,9-10H2,1-2H3/t18-/m0/s1. The van der Waals surface area contributed by atoms with Crippen molar-refractivity contribution in [2.45, 2.75) is 12.5 Å². The molecule has 1 aromatic heterocycles. The maximum Gasteiger partial charge on any atom is 0.295 e. The second kappa shape index (κ2) is 8.75. The number of hydrogen-bond donors (Lipinski definition) is 2. The Morgan fingerprint density at radius 1 is 1.28 bits per heavy atom. The summed E-state index contributed by atoms with van der Waals surface area (Å²) in [6.45, 7) is 1.10. The molecule has 0 spiro atoms. The Kier molecular flexibility index (Phi) is 6.34. The summed E-state index contributed by atoms with van der Waals surface area (Å²) in [5.41, 5.74) is 0.647. The molecule has 0 bridgehead atoms. The number of amides is 1. The van der Waals surface area contributed by atoms with Gasteiger partial charge in [-0.15, -0.1) is 0 Å². The molecule has 1 aliphatic rings. The lowest BCUT2D eigenvalue weighted by atomic mass is 9.96. The zero-order valence-electron chi connectivity index (χ0n) is 16.2. The zero-order valence-corrected chi connectivity index (χ0v) is 17.8. The Hall–Kier alpha value is -2.71. The van der Waals surface area contributed by atoms with Gasteiger partial charge in [-0.1, -0.05) is 22.0 Å². The summed E-state index contributed by atoms with van der Waals surface area (Å²) in [6, 6.07) is 7.23. The van der Waals surface area contributed by atoms with Crippen molar-refractivity contribution in [3.63, 3.8) is 0 Å². The minimum Gasteiger partial charge on any atom is -0.507 e. The number of phenols is 1. The van der Waals surface area contributed by atoms with E-state index in [1.54, 1.807) is 30.6 Å². The number of Topliss-reactive ketones (excluding diaryl/α,β-unsaturated/α-hetero) is 1. The van der Waals surface area contributed by atoms with Gasteiger partial charge in [0.2, 0.25) is 0 Å². The lowest BCUT2D eigenvalue weighted by molar-refractivity contribution is -0.139. The Balaban J connectivity index is 2.12. The van der Waals surface area contributed by atoms with Crippen molar-refractivity contribution in [3.8, 4) is 5.75 Å². The van der Waals surface area contributed by atoms with E-state index in [0.29, 0.717) is 23.0 Å². The van der Waals surface area contributed by atoms with Gasteiger partial charge >= 0.3 is 0 Å². The predicted octanol–water partition coefficient (Wildman–Crippen LogP) is 2.92. The third kappa shape index (κ3) is 4.33. The number of likely N-dealkylation sites (tertiary alicyclic amines) is 1. The predicted molar refractivity (Wildman–Crippen MR) is 112 cm³/mol. The molecule has 1 amide bonds. The van der Waals surface area contributed by atoms with Crippen molar-refractivity contribution in [3.05, 3.63) is 63.9 Å². The summed E-state index contributed by atoms with van der Waals surface area (Å²) in [4.78, 5) is 33.2. The van der Waals surface area contributed by atoms with Crippen molar-refractivity contribution in [1.82, 2.24) is 14.8 Å². The molecule has 1 atom stereocenters. The highest BCUT2D eigenvalue weighted by Crippen LogP contribution is 2.41. The van der Waals surface area contributed by atoms with Gasteiger partial charge in [0.05, 0.1) is 17.2 Å². The van der Waals surface area contributed by atoms with E-state index in [9.17, 15) is 19.8 Å². The average Bonchev–Trinajstić information content (AvgIpc) is 2.94. The number of hydrogen-bond acceptors (Lipinski definition) is 6. The van der Waals surface area contributed by atoms with Gasteiger partial charge in [0.25, 0.3) is 11.7 Å². The van der Waals surface area contributed by atoms with Crippen molar-refractivity contribution in [1.29, 1.82) is 0 Å². The number of phenolic OH excluding ortho intramolecular Hbond substituents is 1. The van der Waals surface area contributed by atoms with E-state index in [4.69, 9.17) is 0 Å². The third-order valence-electron chi connectivity index (χ3n) is 4.76. The molecule has 0 saturated carbocycles. The normalized spacial score (nSPS) is 18.6. The van der Waals surface area contributed by atoms with Gasteiger partial charge in [0, 0.05) is 23.4 Å². The molecular formula is C21H22BrN3O4. The van der Waals surface area contributed by atoms with E-state index in [1.165, 1.54) is 17.0 Å². The number of rotatable bonds is 6. The molecule has 152 valence electrons. The molecule has 1 aromatic carbocycles. The number of carbonyl (C=O) groups is 2. The smallest absolute Gasteiger partial charge is 0.295 e. The minimum absolute atomic E-state index is 0.0544. The molecule has 1 saturated heterocycles. The van der Waals surface area contributed by atoms with Crippen LogP contribution in [0, 0.1) is 0 Å². The second-order valence-corrected chi connectivity index (χ2v) is 8.01. The van der Waals surface area contributed by atoms with E-state index in [1.807, 2.05) is 19.0 Å². The molecular weight excluding hydrogens is 438 g/mol. The van der Waals surface area contributed by atoms with Crippen LogP contribution in [0.3, 0.4) is 0 Å². The van der Waals surface area contributed by atoms with E-state index >= 15 is 0 Å². The molecule has 7 nitrogen and oxygen atoms in total. The molecule has 8 heteroatoms.